The number of rotatable bonds is 10. The van der Waals surface area contributed by atoms with Crippen molar-refractivity contribution in [3.63, 3.8) is 0 Å². The summed E-state index contributed by atoms with van der Waals surface area (Å²) in [4.78, 5) is 0. The fourth-order valence-corrected chi connectivity index (χ4v) is 4.46. The van der Waals surface area contributed by atoms with Crippen LogP contribution in [0.25, 0.3) is 0 Å². The molecule has 0 atom stereocenters. The number of hydrogen-bond donors (Lipinski definition) is 0. The first kappa shape index (κ1) is 25.9. The number of benzene rings is 3. The third-order valence-corrected chi connectivity index (χ3v) is 6.58. The maximum absolute atomic E-state index is 2.36. The standard InChI is InChI=1S/C19H18B.C11H26N/c1-20(17-11-5-2-6-12-17,18-13-7-3-8-14-18)19-15-9-4-10-16-19;1-5-6-7-8-9-10-11-12(2,3)4/h2-16H,1H3;5-11H2,1-4H3/q-1;+1. The van der Waals surface area contributed by atoms with E-state index >= 15 is 0 Å². The minimum Gasteiger partial charge on any atom is -0.331 e. The van der Waals surface area contributed by atoms with Crippen molar-refractivity contribution < 1.29 is 4.48 Å². The normalized spacial score (nSPS) is 11.5. The summed E-state index contributed by atoms with van der Waals surface area (Å²) in [7, 11) is 6.81. The molecule has 0 amide bonds. The lowest BCUT2D eigenvalue weighted by Crippen LogP contribution is -2.64. The van der Waals surface area contributed by atoms with E-state index in [9.17, 15) is 0 Å². The fraction of sp³-hybridized carbons (Fsp3) is 0.400. The lowest BCUT2D eigenvalue weighted by molar-refractivity contribution is -0.870. The van der Waals surface area contributed by atoms with Gasteiger partial charge in [-0.2, -0.15) is 6.82 Å². The van der Waals surface area contributed by atoms with Crippen molar-refractivity contribution in [1.29, 1.82) is 0 Å². The van der Waals surface area contributed by atoms with Gasteiger partial charge >= 0.3 is 0 Å². The quantitative estimate of drug-likeness (QED) is 0.216. The molecule has 0 aliphatic rings. The van der Waals surface area contributed by atoms with E-state index in [-0.39, 0.29) is 0 Å². The first-order valence-corrected chi connectivity index (χ1v) is 12.5. The Morgan fingerprint density at radius 3 is 1.22 bits per heavy atom. The monoisotopic (exact) mass is 429 g/mol. The van der Waals surface area contributed by atoms with Crippen LogP contribution in [-0.2, 0) is 0 Å². The Morgan fingerprint density at radius 2 is 0.875 bits per heavy atom. The summed E-state index contributed by atoms with van der Waals surface area (Å²) < 4.78 is 1.12. The van der Waals surface area contributed by atoms with Gasteiger partial charge in [-0.25, -0.2) is 16.4 Å². The Labute approximate surface area is 198 Å². The zero-order chi connectivity index (χ0) is 23.3. The molecule has 172 valence electrons. The molecule has 0 saturated carbocycles. The summed E-state index contributed by atoms with van der Waals surface area (Å²) in [5, 5.41) is 0. The van der Waals surface area contributed by atoms with Gasteiger partial charge in [0.05, 0.1) is 33.8 Å². The van der Waals surface area contributed by atoms with Crippen molar-refractivity contribution in [3.05, 3.63) is 91.0 Å². The van der Waals surface area contributed by atoms with Crippen molar-refractivity contribution in [2.24, 2.45) is 0 Å². The molecule has 0 bridgehead atoms. The highest BCUT2D eigenvalue weighted by atomic mass is 15.3. The van der Waals surface area contributed by atoms with Gasteiger partial charge in [0.25, 0.3) is 0 Å². The molecule has 1 nitrogen and oxygen atoms in total. The van der Waals surface area contributed by atoms with Crippen molar-refractivity contribution >= 4 is 22.5 Å². The lowest BCUT2D eigenvalue weighted by Gasteiger charge is -2.39. The molecule has 3 rings (SSSR count). The van der Waals surface area contributed by atoms with E-state index in [0.717, 1.165) is 4.48 Å². The zero-order valence-corrected chi connectivity index (χ0v) is 21.1. The number of nitrogens with zero attached hydrogens (tertiary/aromatic N) is 1. The zero-order valence-electron chi connectivity index (χ0n) is 21.1. The van der Waals surface area contributed by atoms with E-state index < -0.39 is 6.15 Å². The minimum absolute atomic E-state index is 0.912. The number of unbranched alkanes of at least 4 members (excludes halogenated alkanes) is 5. The Bertz CT molecular complexity index is 757. The highest BCUT2D eigenvalue weighted by Gasteiger charge is 2.23. The van der Waals surface area contributed by atoms with E-state index in [1.807, 2.05) is 0 Å². The van der Waals surface area contributed by atoms with Crippen molar-refractivity contribution in [1.82, 2.24) is 0 Å². The molecule has 32 heavy (non-hydrogen) atoms. The van der Waals surface area contributed by atoms with Gasteiger partial charge in [-0.05, 0) is 12.8 Å². The molecule has 0 aromatic heterocycles. The maximum Gasteiger partial charge on any atom is 0.0787 e. The summed E-state index contributed by atoms with van der Waals surface area (Å²) >= 11 is 0. The van der Waals surface area contributed by atoms with Crippen LogP contribution in [0.4, 0.5) is 0 Å². The maximum atomic E-state index is 2.36. The summed E-state index contributed by atoms with van der Waals surface area (Å²) in [6.07, 6.45) is 7.56. The molecule has 0 spiro atoms. The highest BCUT2D eigenvalue weighted by Crippen LogP contribution is 2.07. The summed E-state index contributed by atoms with van der Waals surface area (Å²) in [5.41, 5.74) is 4.14. The summed E-state index contributed by atoms with van der Waals surface area (Å²) in [6, 6.07) is 32.4. The topological polar surface area (TPSA) is 0 Å². The van der Waals surface area contributed by atoms with Crippen LogP contribution in [0.2, 0.25) is 6.82 Å². The second-order valence-corrected chi connectivity index (χ2v) is 10.3. The second-order valence-electron chi connectivity index (χ2n) is 10.3. The fourth-order valence-electron chi connectivity index (χ4n) is 4.46. The predicted molar refractivity (Wildman–Crippen MR) is 146 cm³/mol. The molecule has 0 saturated heterocycles. The molecule has 2 heteroatoms. The predicted octanol–water partition coefficient (Wildman–Crippen LogP) is 5.84. The van der Waals surface area contributed by atoms with E-state index in [4.69, 9.17) is 0 Å². The SMILES string of the molecule is CCCCCCCC[N+](C)(C)C.C[B-](c1ccccc1)(c1ccccc1)c1ccccc1. The van der Waals surface area contributed by atoms with Gasteiger partial charge in [-0.1, -0.05) is 124 Å². The van der Waals surface area contributed by atoms with E-state index in [0.29, 0.717) is 0 Å². The van der Waals surface area contributed by atoms with Crippen LogP contribution < -0.4 is 16.4 Å². The Morgan fingerprint density at radius 1 is 0.531 bits per heavy atom. The molecule has 0 aliphatic carbocycles. The van der Waals surface area contributed by atoms with Crippen molar-refractivity contribution in [2.75, 3.05) is 27.7 Å². The highest BCUT2D eigenvalue weighted by molar-refractivity contribution is 7.10. The molecular formula is C30H44BN. The molecule has 3 aromatic carbocycles. The third-order valence-electron chi connectivity index (χ3n) is 6.58. The largest absolute Gasteiger partial charge is 0.331 e. The van der Waals surface area contributed by atoms with Crippen LogP contribution in [0.5, 0.6) is 0 Å². The number of hydrogen-bond acceptors (Lipinski definition) is 0. The van der Waals surface area contributed by atoms with Gasteiger partial charge in [0.2, 0.25) is 0 Å². The molecule has 0 radical (unpaired) electrons. The smallest absolute Gasteiger partial charge is 0.0787 e. The van der Waals surface area contributed by atoms with E-state index in [1.54, 1.807) is 0 Å². The summed E-state index contributed by atoms with van der Waals surface area (Å²) in [5.74, 6) is 0. The molecular weight excluding hydrogens is 385 g/mol. The Kier molecular flexibility index (Phi) is 10.8. The van der Waals surface area contributed by atoms with E-state index in [2.05, 4.69) is 126 Å². The second kappa shape index (κ2) is 13.3. The van der Waals surface area contributed by atoms with Crippen LogP contribution in [0.1, 0.15) is 45.4 Å². The van der Waals surface area contributed by atoms with Gasteiger partial charge in [0.1, 0.15) is 0 Å². The minimum atomic E-state index is -0.912. The summed E-state index contributed by atoms with van der Waals surface area (Å²) in [6.45, 7) is 5.96. The molecule has 3 aromatic rings. The van der Waals surface area contributed by atoms with Crippen LogP contribution in [0.3, 0.4) is 0 Å². The van der Waals surface area contributed by atoms with Gasteiger partial charge in [0, 0.05) is 0 Å². The Balaban J connectivity index is 0.000000262. The van der Waals surface area contributed by atoms with Crippen LogP contribution >= 0.6 is 0 Å². The van der Waals surface area contributed by atoms with Gasteiger partial charge in [-0.3, -0.25) is 0 Å². The molecule has 0 unspecified atom stereocenters. The van der Waals surface area contributed by atoms with Crippen LogP contribution in [-0.4, -0.2) is 38.3 Å². The average Bonchev–Trinajstić information content (AvgIpc) is 2.82. The number of quaternary nitrogens is 1. The average molecular weight is 430 g/mol. The molecule has 0 aliphatic heterocycles. The lowest BCUT2D eigenvalue weighted by atomic mass is 9.17. The Hall–Kier alpha value is -2.32. The van der Waals surface area contributed by atoms with Gasteiger partial charge in [0.15, 0.2) is 0 Å². The van der Waals surface area contributed by atoms with Gasteiger partial charge in [-0.15, -0.1) is 0 Å². The van der Waals surface area contributed by atoms with Crippen molar-refractivity contribution in [3.8, 4) is 0 Å². The first-order chi connectivity index (χ1) is 15.4. The molecule has 0 fully saturated rings. The molecule has 0 heterocycles. The van der Waals surface area contributed by atoms with Crippen molar-refractivity contribution in [2.45, 2.75) is 52.3 Å². The first-order valence-electron chi connectivity index (χ1n) is 12.5. The van der Waals surface area contributed by atoms with Crippen LogP contribution in [0, 0.1) is 0 Å². The third kappa shape index (κ3) is 8.32. The van der Waals surface area contributed by atoms with E-state index in [1.165, 1.54) is 61.5 Å². The van der Waals surface area contributed by atoms with Gasteiger partial charge < -0.3 is 4.48 Å². The van der Waals surface area contributed by atoms with Crippen LogP contribution in [0.15, 0.2) is 91.0 Å². The molecule has 0 N–H and O–H groups in total.